The highest BCUT2D eigenvalue weighted by Crippen LogP contribution is 2.12. The monoisotopic (exact) mass is 301 g/mol. The highest BCUT2D eigenvalue weighted by Gasteiger charge is 2.13. The maximum Gasteiger partial charge on any atom is 0.262 e. The van der Waals surface area contributed by atoms with E-state index in [4.69, 9.17) is 5.26 Å². The largest absolute Gasteiger partial charge is 0.508 e. The van der Waals surface area contributed by atoms with E-state index in [2.05, 4.69) is 5.32 Å². The Bertz CT molecular complexity index is 596. The summed E-state index contributed by atoms with van der Waals surface area (Å²) in [6.07, 6.45) is 1.40. The van der Waals surface area contributed by atoms with Crippen LogP contribution in [0, 0.1) is 11.3 Å². The van der Waals surface area contributed by atoms with Crippen molar-refractivity contribution < 1.29 is 14.7 Å². The molecule has 0 radical (unpaired) electrons. The number of benzene rings is 1. The third-order valence-corrected chi connectivity index (χ3v) is 3.09. The molecule has 22 heavy (non-hydrogen) atoms. The molecule has 0 aliphatic heterocycles. The minimum atomic E-state index is -0.601. The predicted octanol–water partition coefficient (Wildman–Crippen LogP) is 1.28. The van der Waals surface area contributed by atoms with Crippen LogP contribution in [0.4, 0.5) is 0 Å². The van der Waals surface area contributed by atoms with Crippen LogP contribution < -0.4 is 5.32 Å². The van der Waals surface area contributed by atoms with E-state index < -0.39 is 5.91 Å². The number of nitrogens with one attached hydrogen (secondary N) is 1. The molecule has 0 aromatic heterocycles. The summed E-state index contributed by atoms with van der Waals surface area (Å²) in [4.78, 5) is 25.3. The van der Waals surface area contributed by atoms with Crippen molar-refractivity contribution in [3.63, 3.8) is 0 Å². The zero-order valence-corrected chi connectivity index (χ0v) is 12.7. The first-order valence-electron chi connectivity index (χ1n) is 6.98. The van der Waals surface area contributed by atoms with E-state index in [0.29, 0.717) is 18.7 Å². The molecular weight excluding hydrogens is 282 g/mol. The van der Waals surface area contributed by atoms with Crippen LogP contribution in [-0.2, 0) is 9.59 Å². The SMILES string of the molecule is CCN(CC)C(=O)CNC(=O)/C(C#N)=C/c1ccc(O)cc1. The van der Waals surface area contributed by atoms with Gasteiger partial charge in [-0.05, 0) is 37.6 Å². The first-order chi connectivity index (χ1) is 10.5. The number of likely N-dealkylation sites (N-methyl/N-ethyl adjacent to an activating group) is 1. The number of hydrogen-bond donors (Lipinski definition) is 2. The lowest BCUT2D eigenvalue weighted by Gasteiger charge is -2.18. The van der Waals surface area contributed by atoms with Gasteiger partial charge < -0.3 is 15.3 Å². The smallest absolute Gasteiger partial charge is 0.262 e. The minimum absolute atomic E-state index is 0.0990. The van der Waals surface area contributed by atoms with Gasteiger partial charge in [0.2, 0.25) is 5.91 Å². The number of hydrogen-bond acceptors (Lipinski definition) is 4. The molecule has 0 fully saturated rings. The lowest BCUT2D eigenvalue weighted by molar-refractivity contribution is -0.131. The van der Waals surface area contributed by atoms with Crippen LogP contribution in [0.15, 0.2) is 29.8 Å². The quantitative estimate of drug-likeness (QED) is 0.611. The van der Waals surface area contributed by atoms with Gasteiger partial charge in [-0.25, -0.2) is 0 Å². The average molecular weight is 301 g/mol. The Labute approximate surface area is 129 Å². The van der Waals surface area contributed by atoms with Crippen molar-refractivity contribution in [1.82, 2.24) is 10.2 Å². The second kappa shape index (κ2) is 8.47. The van der Waals surface area contributed by atoms with Crippen molar-refractivity contribution in [2.45, 2.75) is 13.8 Å². The third kappa shape index (κ3) is 4.94. The van der Waals surface area contributed by atoms with Crippen LogP contribution >= 0.6 is 0 Å². The summed E-state index contributed by atoms with van der Waals surface area (Å²) < 4.78 is 0. The summed E-state index contributed by atoms with van der Waals surface area (Å²) in [6.45, 7) is 4.71. The van der Waals surface area contributed by atoms with Crippen LogP contribution in [-0.4, -0.2) is 41.5 Å². The van der Waals surface area contributed by atoms with Crippen molar-refractivity contribution in [2.75, 3.05) is 19.6 Å². The number of rotatable bonds is 6. The van der Waals surface area contributed by atoms with E-state index >= 15 is 0 Å². The number of nitrogens with zero attached hydrogens (tertiary/aromatic N) is 2. The molecule has 0 bridgehead atoms. The summed E-state index contributed by atoms with van der Waals surface area (Å²) in [7, 11) is 0. The van der Waals surface area contributed by atoms with Crippen molar-refractivity contribution in [3.8, 4) is 11.8 Å². The van der Waals surface area contributed by atoms with Crippen molar-refractivity contribution in [2.24, 2.45) is 0 Å². The second-order valence-corrected chi connectivity index (χ2v) is 4.51. The molecule has 0 aliphatic carbocycles. The maximum atomic E-state index is 11.9. The van der Waals surface area contributed by atoms with Crippen molar-refractivity contribution >= 4 is 17.9 Å². The van der Waals surface area contributed by atoms with E-state index in [1.165, 1.54) is 18.2 Å². The van der Waals surface area contributed by atoms with E-state index in [1.54, 1.807) is 17.0 Å². The van der Waals surface area contributed by atoms with Crippen molar-refractivity contribution in [1.29, 1.82) is 5.26 Å². The summed E-state index contributed by atoms with van der Waals surface area (Å²) >= 11 is 0. The summed E-state index contributed by atoms with van der Waals surface area (Å²) in [6, 6.07) is 7.90. The van der Waals surface area contributed by atoms with E-state index in [-0.39, 0.29) is 23.8 Å². The van der Waals surface area contributed by atoms with Crippen LogP contribution in [0.5, 0.6) is 5.75 Å². The molecule has 0 atom stereocenters. The van der Waals surface area contributed by atoms with Gasteiger partial charge in [0.15, 0.2) is 0 Å². The molecule has 1 rings (SSSR count). The molecule has 2 N–H and O–H groups in total. The van der Waals surface area contributed by atoms with Gasteiger partial charge in [-0.15, -0.1) is 0 Å². The second-order valence-electron chi connectivity index (χ2n) is 4.51. The summed E-state index contributed by atoms with van der Waals surface area (Å²) in [5, 5.41) is 20.7. The van der Waals surface area contributed by atoms with Gasteiger partial charge in [-0.2, -0.15) is 5.26 Å². The zero-order chi connectivity index (χ0) is 16.5. The summed E-state index contributed by atoms with van der Waals surface area (Å²) in [5.41, 5.74) is 0.512. The number of phenols is 1. The fraction of sp³-hybridized carbons (Fsp3) is 0.312. The van der Waals surface area contributed by atoms with Gasteiger partial charge in [0, 0.05) is 13.1 Å². The molecule has 0 spiro atoms. The number of aromatic hydroxyl groups is 1. The van der Waals surface area contributed by atoms with E-state index in [0.717, 1.165) is 0 Å². The molecule has 0 heterocycles. The molecule has 1 aromatic carbocycles. The van der Waals surface area contributed by atoms with E-state index in [9.17, 15) is 14.7 Å². The zero-order valence-electron chi connectivity index (χ0n) is 12.7. The normalized spacial score (nSPS) is 10.7. The van der Waals surface area contributed by atoms with Crippen LogP contribution in [0.25, 0.3) is 6.08 Å². The van der Waals surface area contributed by atoms with Crippen molar-refractivity contribution in [3.05, 3.63) is 35.4 Å². The first-order valence-corrected chi connectivity index (χ1v) is 6.98. The molecule has 0 aliphatic rings. The fourth-order valence-corrected chi connectivity index (χ4v) is 1.83. The molecule has 116 valence electrons. The number of nitriles is 1. The molecular formula is C16H19N3O3. The average Bonchev–Trinajstić information content (AvgIpc) is 2.53. The fourth-order valence-electron chi connectivity index (χ4n) is 1.83. The predicted molar refractivity (Wildman–Crippen MR) is 82.6 cm³/mol. The number of carbonyl (C=O) groups excluding carboxylic acids is 2. The Morgan fingerprint density at radius 2 is 1.86 bits per heavy atom. The van der Waals surface area contributed by atoms with Crippen LogP contribution in [0.2, 0.25) is 0 Å². The van der Waals surface area contributed by atoms with Gasteiger partial charge in [0.05, 0.1) is 6.54 Å². The van der Waals surface area contributed by atoms with Crippen LogP contribution in [0.1, 0.15) is 19.4 Å². The van der Waals surface area contributed by atoms with Crippen LogP contribution in [0.3, 0.4) is 0 Å². The minimum Gasteiger partial charge on any atom is -0.508 e. The molecule has 0 unspecified atom stereocenters. The Balaban J connectivity index is 2.71. The third-order valence-electron chi connectivity index (χ3n) is 3.09. The van der Waals surface area contributed by atoms with Gasteiger partial charge in [0.1, 0.15) is 17.4 Å². The topological polar surface area (TPSA) is 93.4 Å². The van der Waals surface area contributed by atoms with Gasteiger partial charge in [-0.1, -0.05) is 12.1 Å². The number of carbonyl (C=O) groups is 2. The van der Waals surface area contributed by atoms with Gasteiger partial charge in [-0.3, -0.25) is 9.59 Å². The first kappa shape index (κ1) is 17.2. The lowest BCUT2D eigenvalue weighted by Crippen LogP contribution is -2.40. The molecule has 1 aromatic rings. The highest BCUT2D eigenvalue weighted by atomic mass is 16.3. The number of amides is 2. The van der Waals surface area contributed by atoms with Gasteiger partial charge >= 0.3 is 0 Å². The Hall–Kier alpha value is -2.81. The molecule has 6 nitrogen and oxygen atoms in total. The Kier molecular flexibility index (Phi) is 6.64. The van der Waals surface area contributed by atoms with Gasteiger partial charge in [0.25, 0.3) is 5.91 Å². The maximum absolute atomic E-state index is 11.9. The number of phenolic OH excluding ortho intramolecular Hbond substituents is 1. The Morgan fingerprint density at radius 3 is 2.36 bits per heavy atom. The summed E-state index contributed by atoms with van der Waals surface area (Å²) in [5.74, 6) is -0.693. The molecule has 0 saturated carbocycles. The Morgan fingerprint density at radius 1 is 1.27 bits per heavy atom. The standard InChI is InChI=1S/C16H19N3O3/c1-3-19(4-2)15(21)11-18-16(22)13(10-17)9-12-5-7-14(20)8-6-12/h5-9,20H,3-4,11H2,1-2H3,(H,18,22)/b13-9+. The lowest BCUT2D eigenvalue weighted by atomic mass is 10.1. The molecule has 2 amide bonds. The highest BCUT2D eigenvalue weighted by molar-refractivity contribution is 6.02. The molecule has 6 heteroatoms. The molecule has 0 saturated heterocycles. The van der Waals surface area contributed by atoms with E-state index in [1.807, 2.05) is 19.9 Å².